The van der Waals surface area contributed by atoms with Crippen LogP contribution in [0.15, 0.2) is 24.3 Å². The van der Waals surface area contributed by atoms with E-state index in [0.29, 0.717) is 5.88 Å². The van der Waals surface area contributed by atoms with Gasteiger partial charge in [-0.05, 0) is 30.7 Å². The third-order valence-corrected chi connectivity index (χ3v) is 3.00. The summed E-state index contributed by atoms with van der Waals surface area (Å²) >= 11 is 5.72. The summed E-state index contributed by atoms with van der Waals surface area (Å²) in [6, 6.07) is 8.67. The van der Waals surface area contributed by atoms with Gasteiger partial charge in [0.2, 0.25) is 0 Å². The fourth-order valence-corrected chi connectivity index (χ4v) is 1.91. The molecule has 0 bridgehead atoms. The van der Waals surface area contributed by atoms with E-state index in [0.717, 1.165) is 19.6 Å². The molecule has 0 amide bonds. The van der Waals surface area contributed by atoms with Crippen molar-refractivity contribution in [2.45, 2.75) is 26.3 Å². The molecule has 2 nitrogen and oxygen atoms in total. The van der Waals surface area contributed by atoms with Crippen LogP contribution in [-0.4, -0.2) is 26.0 Å². The van der Waals surface area contributed by atoms with Gasteiger partial charge in [-0.2, -0.15) is 0 Å². The minimum atomic E-state index is 0.664. The highest BCUT2D eigenvalue weighted by atomic mass is 35.5. The Balaban J connectivity index is 2.39. The zero-order valence-electron chi connectivity index (χ0n) is 10.9. The second kappa shape index (κ2) is 8.37. The smallest absolute Gasteiger partial charge is 0.0399 e. The number of halogens is 1. The summed E-state index contributed by atoms with van der Waals surface area (Å²) in [7, 11) is 2.07. The highest BCUT2D eigenvalue weighted by molar-refractivity contribution is 6.18. The van der Waals surface area contributed by atoms with Gasteiger partial charge >= 0.3 is 0 Å². The number of benzene rings is 1. The van der Waals surface area contributed by atoms with Gasteiger partial charge in [0.15, 0.2) is 0 Å². The molecule has 3 heteroatoms. The molecule has 0 aliphatic heterocycles. The van der Waals surface area contributed by atoms with Crippen LogP contribution in [0, 0.1) is 0 Å². The van der Waals surface area contributed by atoms with Crippen LogP contribution >= 0.6 is 11.6 Å². The maximum absolute atomic E-state index is 5.72. The number of alkyl halides is 1. The van der Waals surface area contributed by atoms with Crippen LogP contribution in [0.3, 0.4) is 0 Å². The van der Waals surface area contributed by atoms with Gasteiger partial charge < -0.3 is 10.2 Å². The van der Waals surface area contributed by atoms with E-state index < -0.39 is 0 Å². The van der Waals surface area contributed by atoms with Crippen molar-refractivity contribution in [3.05, 3.63) is 29.8 Å². The fourth-order valence-electron chi connectivity index (χ4n) is 1.66. The first-order chi connectivity index (χ1) is 8.27. The van der Waals surface area contributed by atoms with Gasteiger partial charge in [0.1, 0.15) is 0 Å². The Kier molecular flexibility index (Phi) is 7.06. The lowest BCUT2D eigenvalue weighted by Gasteiger charge is -2.18. The zero-order valence-corrected chi connectivity index (χ0v) is 11.6. The van der Waals surface area contributed by atoms with Crippen molar-refractivity contribution < 1.29 is 0 Å². The molecule has 0 fully saturated rings. The first-order valence-electron chi connectivity index (χ1n) is 6.34. The van der Waals surface area contributed by atoms with Crippen molar-refractivity contribution in [2.75, 3.05) is 30.9 Å². The average molecular weight is 255 g/mol. The molecule has 0 atom stereocenters. The van der Waals surface area contributed by atoms with Crippen LogP contribution < -0.4 is 10.2 Å². The van der Waals surface area contributed by atoms with E-state index in [9.17, 15) is 0 Å². The van der Waals surface area contributed by atoms with Gasteiger partial charge in [0.05, 0.1) is 0 Å². The lowest BCUT2D eigenvalue weighted by molar-refractivity contribution is 0.641. The first-order valence-corrected chi connectivity index (χ1v) is 6.88. The molecule has 1 rings (SSSR count). The maximum atomic E-state index is 5.72. The first kappa shape index (κ1) is 14.3. The Labute approximate surface area is 110 Å². The number of hydrogen-bond donors (Lipinski definition) is 1. The van der Waals surface area contributed by atoms with Crippen molar-refractivity contribution in [3.8, 4) is 0 Å². The van der Waals surface area contributed by atoms with E-state index in [-0.39, 0.29) is 0 Å². The summed E-state index contributed by atoms with van der Waals surface area (Å²) in [5.41, 5.74) is 2.56. The highest BCUT2D eigenvalue weighted by Crippen LogP contribution is 2.13. The molecule has 96 valence electrons. The largest absolute Gasteiger partial charge is 0.373 e. The minimum absolute atomic E-state index is 0.664. The van der Waals surface area contributed by atoms with Crippen molar-refractivity contribution in [3.63, 3.8) is 0 Å². The molecule has 17 heavy (non-hydrogen) atoms. The highest BCUT2D eigenvalue weighted by Gasteiger charge is 1.99. The van der Waals surface area contributed by atoms with Gasteiger partial charge in [-0.25, -0.2) is 0 Å². The standard InChI is InChI=1S/C14H23ClN2/c1-3-4-10-16-12-13-5-7-14(8-6-13)17(2)11-9-15/h5-8,16H,3-4,9-12H2,1-2H3. The average Bonchev–Trinajstić information content (AvgIpc) is 2.36. The Hall–Kier alpha value is -0.730. The number of hydrogen-bond acceptors (Lipinski definition) is 2. The normalized spacial score (nSPS) is 10.5. The number of anilines is 1. The quantitative estimate of drug-likeness (QED) is 0.566. The number of nitrogens with one attached hydrogen (secondary N) is 1. The van der Waals surface area contributed by atoms with Crippen LogP contribution in [0.4, 0.5) is 5.69 Å². The fraction of sp³-hybridized carbons (Fsp3) is 0.571. The van der Waals surface area contributed by atoms with Gasteiger partial charge in [0.25, 0.3) is 0 Å². The second-order valence-electron chi connectivity index (χ2n) is 4.31. The number of unbranched alkanes of at least 4 members (excludes halogenated alkanes) is 1. The summed E-state index contributed by atoms with van der Waals surface area (Å²) in [5.74, 6) is 0.664. The molecule has 0 aliphatic rings. The van der Waals surface area contributed by atoms with Crippen LogP contribution in [0.5, 0.6) is 0 Å². The molecule has 1 N–H and O–H groups in total. The predicted octanol–water partition coefficient (Wildman–Crippen LogP) is 3.25. The summed E-state index contributed by atoms with van der Waals surface area (Å²) in [4.78, 5) is 2.17. The van der Waals surface area contributed by atoms with Gasteiger partial charge in [-0.3, -0.25) is 0 Å². The SMILES string of the molecule is CCCCNCc1ccc(N(C)CCCl)cc1. The molecular formula is C14H23ClN2. The predicted molar refractivity (Wildman–Crippen MR) is 77.0 cm³/mol. The zero-order chi connectivity index (χ0) is 12.5. The molecule has 0 spiro atoms. The molecule has 0 aliphatic carbocycles. The van der Waals surface area contributed by atoms with E-state index in [1.54, 1.807) is 0 Å². The van der Waals surface area contributed by atoms with Crippen molar-refractivity contribution in [1.29, 1.82) is 0 Å². The summed E-state index contributed by atoms with van der Waals surface area (Å²) in [6.07, 6.45) is 2.49. The van der Waals surface area contributed by atoms with Crippen molar-refractivity contribution in [1.82, 2.24) is 5.32 Å². The third kappa shape index (κ3) is 5.42. The number of nitrogens with zero attached hydrogens (tertiary/aromatic N) is 1. The van der Waals surface area contributed by atoms with Gasteiger partial charge in [0, 0.05) is 31.7 Å². The van der Waals surface area contributed by atoms with Crippen LogP contribution in [0.25, 0.3) is 0 Å². The Morgan fingerprint density at radius 3 is 2.53 bits per heavy atom. The lowest BCUT2D eigenvalue weighted by atomic mass is 10.2. The van der Waals surface area contributed by atoms with Crippen LogP contribution in [-0.2, 0) is 6.54 Å². The number of rotatable bonds is 8. The Morgan fingerprint density at radius 2 is 1.94 bits per heavy atom. The topological polar surface area (TPSA) is 15.3 Å². The van der Waals surface area contributed by atoms with Gasteiger partial charge in [-0.1, -0.05) is 25.5 Å². The maximum Gasteiger partial charge on any atom is 0.0399 e. The molecule has 0 saturated heterocycles. The van der Waals surface area contributed by atoms with E-state index in [2.05, 4.69) is 48.5 Å². The molecule has 1 aromatic rings. The summed E-state index contributed by atoms with van der Waals surface area (Å²) in [5, 5.41) is 3.44. The van der Waals surface area contributed by atoms with E-state index in [1.165, 1.54) is 24.1 Å². The summed E-state index contributed by atoms with van der Waals surface area (Å²) in [6.45, 7) is 5.16. The van der Waals surface area contributed by atoms with Crippen LogP contribution in [0.1, 0.15) is 25.3 Å². The minimum Gasteiger partial charge on any atom is -0.373 e. The van der Waals surface area contributed by atoms with Gasteiger partial charge in [-0.15, -0.1) is 11.6 Å². The second-order valence-corrected chi connectivity index (χ2v) is 4.69. The Morgan fingerprint density at radius 1 is 1.24 bits per heavy atom. The molecule has 0 unspecified atom stereocenters. The Bertz CT molecular complexity index is 298. The molecule has 0 heterocycles. The lowest BCUT2D eigenvalue weighted by Crippen LogP contribution is -2.19. The van der Waals surface area contributed by atoms with E-state index in [1.807, 2.05) is 0 Å². The summed E-state index contributed by atoms with van der Waals surface area (Å²) < 4.78 is 0. The van der Waals surface area contributed by atoms with E-state index in [4.69, 9.17) is 11.6 Å². The van der Waals surface area contributed by atoms with Crippen molar-refractivity contribution in [2.24, 2.45) is 0 Å². The van der Waals surface area contributed by atoms with Crippen molar-refractivity contribution >= 4 is 17.3 Å². The molecule has 0 radical (unpaired) electrons. The van der Waals surface area contributed by atoms with Crippen LogP contribution in [0.2, 0.25) is 0 Å². The monoisotopic (exact) mass is 254 g/mol. The molecular weight excluding hydrogens is 232 g/mol. The van der Waals surface area contributed by atoms with E-state index >= 15 is 0 Å². The molecule has 1 aromatic carbocycles. The molecule has 0 saturated carbocycles. The third-order valence-electron chi connectivity index (χ3n) is 2.83. The molecule has 0 aromatic heterocycles.